The van der Waals surface area contributed by atoms with Crippen molar-refractivity contribution < 1.29 is 4.52 Å². The van der Waals surface area contributed by atoms with Crippen LogP contribution in [0.25, 0.3) is 6.08 Å². The zero-order valence-corrected chi connectivity index (χ0v) is 8.06. The van der Waals surface area contributed by atoms with E-state index in [1.165, 1.54) is 0 Å². The maximum atomic E-state index is 5.53. The topological polar surface area (TPSA) is 26.0 Å². The number of hydrogen-bond acceptors (Lipinski definition) is 2. The zero-order chi connectivity index (χ0) is 8.97. The molecule has 0 aromatic carbocycles. The number of nitrogens with zero attached hydrogens (tertiary/aromatic N) is 1. The van der Waals surface area contributed by atoms with Crippen LogP contribution in [0.15, 0.2) is 10.6 Å². The number of alkyl halides is 1. The second-order valence-electron chi connectivity index (χ2n) is 2.62. The molecule has 12 heavy (non-hydrogen) atoms. The van der Waals surface area contributed by atoms with E-state index in [1.807, 2.05) is 26.0 Å². The molecule has 0 aliphatic carbocycles. The van der Waals surface area contributed by atoms with Gasteiger partial charge in [-0.3, -0.25) is 0 Å². The van der Waals surface area contributed by atoms with Crippen molar-refractivity contribution in [3.8, 4) is 0 Å². The summed E-state index contributed by atoms with van der Waals surface area (Å²) in [5.74, 6) is 1.51. The fourth-order valence-electron chi connectivity index (χ4n) is 0.992. The average Bonchev–Trinajstić information content (AvgIpc) is 2.35. The van der Waals surface area contributed by atoms with Crippen LogP contribution in [0.1, 0.15) is 23.4 Å². The van der Waals surface area contributed by atoms with Crippen molar-refractivity contribution in [2.24, 2.45) is 0 Å². The van der Waals surface area contributed by atoms with E-state index in [2.05, 4.69) is 5.16 Å². The van der Waals surface area contributed by atoms with Gasteiger partial charge in [-0.25, -0.2) is 0 Å². The van der Waals surface area contributed by atoms with Crippen LogP contribution in [0, 0.1) is 13.8 Å². The molecule has 0 saturated carbocycles. The Hall–Kier alpha value is -0.760. The van der Waals surface area contributed by atoms with Crippen LogP contribution in [-0.2, 0) is 0 Å². The maximum Gasteiger partial charge on any atom is 0.141 e. The molecule has 0 atom stereocenters. The molecule has 0 saturated heterocycles. The lowest BCUT2D eigenvalue weighted by Gasteiger charge is -1.88. The molecule has 66 valence electrons. The second-order valence-corrected chi connectivity index (χ2v) is 3.00. The van der Waals surface area contributed by atoms with Crippen LogP contribution in [0.2, 0.25) is 0 Å². The summed E-state index contributed by atoms with van der Waals surface area (Å²) >= 11 is 5.53. The van der Waals surface area contributed by atoms with Crippen LogP contribution in [-0.4, -0.2) is 11.0 Å². The molecule has 0 bridgehead atoms. The fraction of sp³-hybridized carbons (Fsp3) is 0.444. The van der Waals surface area contributed by atoms with Gasteiger partial charge in [-0.15, -0.1) is 11.6 Å². The standard InChI is InChI=1S/C9H12ClNO/c1-7-9(5-3-4-6-10)8(2)12-11-7/h3,5H,4,6H2,1-2H3. The summed E-state index contributed by atoms with van der Waals surface area (Å²) in [6, 6.07) is 0. The van der Waals surface area contributed by atoms with Crippen LogP contribution in [0.3, 0.4) is 0 Å². The number of aromatic nitrogens is 1. The van der Waals surface area contributed by atoms with Crippen molar-refractivity contribution in [3.63, 3.8) is 0 Å². The Kier molecular flexibility index (Phi) is 3.35. The highest BCUT2D eigenvalue weighted by Crippen LogP contribution is 2.13. The molecule has 1 heterocycles. The average molecular weight is 186 g/mol. The van der Waals surface area contributed by atoms with Crippen LogP contribution in [0.4, 0.5) is 0 Å². The lowest BCUT2D eigenvalue weighted by Crippen LogP contribution is -1.76. The lowest BCUT2D eigenvalue weighted by molar-refractivity contribution is 0.393. The fourth-order valence-corrected chi connectivity index (χ4v) is 1.12. The number of hydrogen-bond donors (Lipinski definition) is 0. The van der Waals surface area contributed by atoms with Crippen molar-refractivity contribution in [3.05, 3.63) is 23.1 Å². The van der Waals surface area contributed by atoms with Crippen molar-refractivity contribution >= 4 is 17.7 Å². The Morgan fingerprint density at radius 2 is 2.25 bits per heavy atom. The molecule has 0 aliphatic rings. The van der Waals surface area contributed by atoms with Crippen molar-refractivity contribution in [1.29, 1.82) is 0 Å². The monoisotopic (exact) mass is 185 g/mol. The zero-order valence-electron chi connectivity index (χ0n) is 7.30. The molecular formula is C9H12ClNO. The Bertz CT molecular complexity index is 259. The number of allylic oxidation sites excluding steroid dienone is 1. The summed E-state index contributed by atoms with van der Waals surface area (Å²) in [5.41, 5.74) is 2.00. The highest BCUT2D eigenvalue weighted by molar-refractivity contribution is 6.17. The summed E-state index contributed by atoms with van der Waals surface area (Å²) < 4.78 is 4.99. The minimum Gasteiger partial charge on any atom is -0.361 e. The van der Waals surface area contributed by atoms with Crippen LogP contribution < -0.4 is 0 Å². The third-order valence-electron chi connectivity index (χ3n) is 1.65. The predicted octanol–water partition coefficient (Wildman–Crippen LogP) is 2.93. The highest BCUT2D eigenvalue weighted by atomic mass is 35.5. The first-order valence-electron chi connectivity index (χ1n) is 3.91. The quantitative estimate of drug-likeness (QED) is 0.677. The van der Waals surface area contributed by atoms with Gasteiger partial charge in [-0.2, -0.15) is 0 Å². The molecule has 0 N–H and O–H groups in total. The smallest absolute Gasteiger partial charge is 0.141 e. The Balaban J connectivity index is 2.73. The largest absolute Gasteiger partial charge is 0.361 e. The molecular weight excluding hydrogens is 174 g/mol. The third-order valence-corrected chi connectivity index (χ3v) is 1.87. The van der Waals surface area contributed by atoms with Gasteiger partial charge in [0.25, 0.3) is 0 Å². The molecule has 0 spiro atoms. The van der Waals surface area contributed by atoms with Gasteiger partial charge in [0.1, 0.15) is 5.76 Å². The first-order chi connectivity index (χ1) is 5.75. The number of halogens is 1. The molecule has 1 aromatic heterocycles. The van der Waals surface area contributed by atoms with Crippen molar-refractivity contribution in [2.75, 3.05) is 5.88 Å². The molecule has 0 unspecified atom stereocenters. The molecule has 2 nitrogen and oxygen atoms in total. The SMILES string of the molecule is Cc1noc(C)c1C=CCCCl. The van der Waals surface area contributed by atoms with E-state index in [-0.39, 0.29) is 0 Å². The summed E-state index contributed by atoms with van der Waals surface area (Å²) in [6.07, 6.45) is 4.91. The van der Waals surface area contributed by atoms with E-state index >= 15 is 0 Å². The van der Waals surface area contributed by atoms with E-state index in [1.54, 1.807) is 0 Å². The van der Waals surface area contributed by atoms with Gasteiger partial charge >= 0.3 is 0 Å². The maximum absolute atomic E-state index is 5.53. The summed E-state index contributed by atoms with van der Waals surface area (Å²) in [6.45, 7) is 3.83. The van der Waals surface area contributed by atoms with E-state index in [0.717, 1.165) is 23.4 Å². The summed E-state index contributed by atoms with van der Waals surface area (Å²) in [7, 11) is 0. The second kappa shape index (κ2) is 4.31. The van der Waals surface area contributed by atoms with Gasteiger partial charge in [0.2, 0.25) is 0 Å². The Morgan fingerprint density at radius 1 is 1.50 bits per heavy atom. The highest BCUT2D eigenvalue weighted by Gasteiger charge is 2.03. The lowest BCUT2D eigenvalue weighted by atomic mass is 10.2. The number of aryl methyl sites for hydroxylation is 2. The molecule has 0 radical (unpaired) electrons. The summed E-state index contributed by atoms with van der Waals surface area (Å²) in [4.78, 5) is 0. The van der Waals surface area contributed by atoms with Gasteiger partial charge < -0.3 is 4.52 Å². The van der Waals surface area contributed by atoms with Gasteiger partial charge in [-0.1, -0.05) is 17.3 Å². The molecule has 0 fully saturated rings. The third kappa shape index (κ3) is 2.11. The van der Waals surface area contributed by atoms with Crippen molar-refractivity contribution in [1.82, 2.24) is 5.16 Å². The molecule has 0 aliphatic heterocycles. The first-order valence-corrected chi connectivity index (χ1v) is 4.44. The normalized spacial score (nSPS) is 11.2. The van der Waals surface area contributed by atoms with Crippen LogP contribution >= 0.6 is 11.6 Å². The van der Waals surface area contributed by atoms with E-state index < -0.39 is 0 Å². The van der Waals surface area contributed by atoms with E-state index in [0.29, 0.717) is 5.88 Å². The Morgan fingerprint density at radius 3 is 2.75 bits per heavy atom. The van der Waals surface area contributed by atoms with Gasteiger partial charge in [0.05, 0.1) is 5.69 Å². The molecule has 1 aromatic rings. The molecule has 3 heteroatoms. The Labute approximate surface area is 77.2 Å². The van der Waals surface area contributed by atoms with E-state index in [4.69, 9.17) is 16.1 Å². The molecule has 0 amide bonds. The van der Waals surface area contributed by atoms with Crippen LogP contribution in [0.5, 0.6) is 0 Å². The van der Waals surface area contributed by atoms with E-state index in [9.17, 15) is 0 Å². The number of rotatable bonds is 3. The van der Waals surface area contributed by atoms with Gasteiger partial charge in [0, 0.05) is 11.4 Å². The summed E-state index contributed by atoms with van der Waals surface area (Å²) in [5, 5.41) is 3.84. The van der Waals surface area contributed by atoms with Crippen molar-refractivity contribution in [2.45, 2.75) is 20.3 Å². The van der Waals surface area contributed by atoms with Gasteiger partial charge in [-0.05, 0) is 20.3 Å². The minimum absolute atomic E-state index is 0.653. The van der Waals surface area contributed by atoms with Gasteiger partial charge in [0.15, 0.2) is 0 Å². The molecule has 1 rings (SSSR count). The minimum atomic E-state index is 0.653. The first kappa shape index (κ1) is 9.33. The predicted molar refractivity (Wildman–Crippen MR) is 50.3 cm³/mol.